The Hall–Kier alpha value is -0.770. The van der Waals surface area contributed by atoms with E-state index in [2.05, 4.69) is 6.92 Å². The van der Waals surface area contributed by atoms with E-state index in [1.54, 1.807) is 13.8 Å². The number of rotatable bonds is 4. The zero-order valence-electron chi connectivity index (χ0n) is 10.6. The number of carbonyl (C=O) groups is 1. The average Bonchev–Trinajstić information content (AvgIpc) is 2.14. The molecule has 0 amide bonds. The molecule has 15 heavy (non-hydrogen) atoms. The van der Waals surface area contributed by atoms with Crippen LogP contribution in [-0.2, 0) is 9.47 Å². The van der Waals surface area contributed by atoms with Gasteiger partial charge < -0.3 is 15.2 Å². The summed E-state index contributed by atoms with van der Waals surface area (Å²) in [6.45, 7) is 10.8. The molecule has 0 atom stereocenters. The van der Waals surface area contributed by atoms with Crippen molar-refractivity contribution in [2.75, 3.05) is 13.2 Å². The number of hydrogen-bond donors (Lipinski definition) is 1. The first-order valence-corrected chi connectivity index (χ1v) is 5.47. The Morgan fingerprint density at radius 2 is 1.73 bits per heavy atom. The van der Waals surface area contributed by atoms with Crippen LogP contribution in [0.4, 0.5) is 4.79 Å². The van der Waals surface area contributed by atoms with Gasteiger partial charge in [-0.3, -0.25) is 0 Å². The Balaban J connectivity index is 0. The SMILES string of the molecule is CC(C)COC(=O)OC(C)C.CCCN. The van der Waals surface area contributed by atoms with Crippen molar-refractivity contribution >= 4 is 6.16 Å². The Bertz CT molecular complexity index is 145. The van der Waals surface area contributed by atoms with E-state index in [9.17, 15) is 4.79 Å². The summed E-state index contributed by atoms with van der Waals surface area (Å²) in [4.78, 5) is 10.7. The molecular weight excluding hydrogens is 194 g/mol. The maximum absolute atomic E-state index is 10.7. The smallest absolute Gasteiger partial charge is 0.434 e. The van der Waals surface area contributed by atoms with Crippen molar-refractivity contribution in [3.63, 3.8) is 0 Å². The lowest BCUT2D eigenvalue weighted by atomic mass is 10.2. The molecule has 0 aliphatic rings. The van der Waals surface area contributed by atoms with Gasteiger partial charge in [-0.25, -0.2) is 4.79 Å². The zero-order chi connectivity index (χ0) is 12.3. The molecule has 0 aliphatic carbocycles. The summed E-state index contributed by atoms with van der Waals surface area (Å²) < 4.78 is 9.49. The summed E-state index contributed by atoms with van der Waals surface area (Å²) >= 11 is 0. The van der Waals surface area contributed by atoms with Gasteiger partial charge in [0.15, 0.2) is 0 Å². The second-order valence-corrected chi connectivity index (χ2v) is 3.91. The highest BCUT2D eigenvalue weighted by atomic mass is 16.7. The highest BCUT2D eigenvalue weighted by Crippen LogP contribution is 1.97. The third kappa shape index (κ3) is 19.6. The molecule has 0 aromatic rings. The van der Waals surface area contributed by atoms with Gasteiger partial charge in [-0.1, -0.05) is 20.8 Å². The van der Waals surface area contributed by atoms with E-state index in [0.29, 0.717) is 12.5 Å². The molecule has 0 spiro atoms. The molecule has 0 fully saturated rings. The molecule has 0 rings (SSSR count). The molecule has 0 saturated heterocycles. The lowest BCUT2D eigenvalue weighted by Crippen LogP contribution is -2.15. The zero-order valence-corrected chi connectivity index (χ0v) is 10.6. The maximum Gasteiger partial charge on any atom is 0.508 e. The molecule has 0 unspecified atom stereocenters. The van der Waals surface area contributed by atoms with Gasteiger partial charge in [0.25, 0.3) is 0 Å². The summed E-state index contributed by atoms with van der Waals surface area (Å²) in [5, 5.41) is 0. The van der Waals surface area contributed by atoms with E-state index in [0.717, 1.165) is 13.0 Å². The van der Waals surface area contributed by atoms with Crippen LogP contribution in [0.1, 0.15) is 41.0 Å². The van der Waals surface area contributed by atoms with Crippen molar-refractivity contribution in [2.45, 2.75) is 47.1 Å². The molecular formula is C11H25NO3. The van der Waals surface area contributed by atoms with E-state index in [4.69, 9.17) is 15.2 Å². The largest absolute Gasteiger partial charge is 0.508 e. The van der Waals surface area contributed by atoms with Crippen molar-refractivity contribution in [3.05, 3.63) is 0 Å². The van der Waals surface area contributed by atoms with Crippen molar-refractivity contribution in [3.8, 4) is 0 Å². The van der Waals surface area contributed by atoms with E-state index in [1.807, 2.05) is 13.8 Å². The number of carbonyl (C=O) groups excluding carboxylic acids is 1. The van der Waals surface area contributed by atoms with Gasteiger partial charge >= 0.3 is 6.16 Å². The third-order valence-corrected chi connectivity index (χ3v) is 1.16. The number of ether oxygens (including phenoxy) is 2. The van der Waals surface area contributed by atoms with Crippen LogP contribution in [0, 0.1) is 5.92 Å². The summed E-state index contributed by atoms with van der Waals surface area (Å²) in [7, 11) is 0. The van der Waals surface area contributed by atoms with Crippen LogP contribution < -0.4 is 5.73 Å². The molecule has 92 valence electrons. The molecule has 4 heteroatoms. The molecule has 0 heterocycles. The normalized spacial score (nSPS) is 9.60. The van der Waals surface area contributed by atoms with Crippen molar-refractivity contribution in [2.24, 2.45) is 11.7 Å². The topological polar surface area (TPSA) is 61.5 Å². The van der Waals surface area contributed by atoms with Crippen LogP contribution in [0.15, 0.2) is 0 Å². The fourth-order valence-electron chi connectivity index (χ4n) is 0.461. The van der Waals surface area contributed by atoms with Gasteiger partial charge in [0, 0.05) is 0 Å². The van der Waals surface area contributed by atoms with Crippen LogP contribution in [0.3, 0.4) is 0 Å². The van der Waals surface area contributed by atoms with Crippen LogP contribution in [0.2, 0.25) is 0 Å². The summed E-state index contributed by atoms with van der Waals surface area (Å²) in [6.07, 6.45) is 0.420. The fourth-order valence-corrected chi connectivity index (χ4v) is 0.461. The second-order valence-electron chi connectivity index (χ2n) is 3.91. The Kier molecular flexibility index (Phi) is 12.6. The Morgan fingerprint density at radius 3 is 2.00 bits per heavy atom. The van der Waals surface area contributed by atoms with E-state index >= 15 is 0 Å². The fraction of sp³-hybridized carbons (Fsp3) is 0.909. The second kappa shape index (κ2) is 11.3. The molecule has 2 N–H and O–H groups in total. The minimum atomic E-state index is -0.575. The van der Waals surface area contributed by atoms with Crippen LogP contribution in [0.5, 0.6) is 0 Å². The van der Waals surface area contributed by atoms with Gasteiger partial charge in [0.2, 0.25) is 0 Å². The van der Waals surface area contributed by atoms with Gasteiger partial charge in [0.05, 0.1) is 12.7 Å². The first-order chi connectivity index (χ1) is 6.93. The van der Waals surface area contributed by atoms with Gasteiger partial charge in [0.1, 0.15) is 0 Å². The first kappa shape index (κ1) is 16.7. The predicted octanol–water partition coefficient (Wildman–Crippen LogP) is 2.56. The van der Waals surface area contributed by atoms with Crippen LogP contribution >= 0.6 is 0 Å². The first-order valence-electron chi connectivity index (χ1n) is 5.47. The minimum Gasteiger partial charge on any atom is -0.434 e. The number of hydrogen-bond acceptors (Lipinski definition) is 4. The van der Waals surface area contributed by atoms with Crippen molar-refractivity contribution in [1.29, 1.82) is 0 Å². The quantitative estimate of drug-likeness (QED) is 0.738. The lowest BCUT2D eigenvalue weighted by molar-refractivity contribution is 0.0282. The van der Waals surface area contributed by atoms with Gasteiger partial charge in [-0.05, 0) is 32.7 Å². The number of nitrogens with two attached hydrogens (primary N) is 1. The standard InChI is InChI=1S/C8H16O3.C3H9N/c1-6(2)5-10-8(9)11-7(3)4;1-2-3-4/h6-7H,5H2,1-4H3;2-4H2,1H3. The highest BCUT2D eigenvalue weighted by Gasteiger charge is 2.06. The maximum atomic E-state index is 10.7. The lowest BCUT2D eigenvalue weighted by Gasteiger charge is -2.09. The molecule has 0 bridgehead atoms. The average molecular weight is 219 g/mol. The third-order valence-electron chi connectivity index (χ3n) is 1.16. The minimum absolute atomic E-state index is 0.102. The summed E-state index contributed by atoms with van der Waals surface area (Å²) in [5.41, 5.74) is 5.03. The predicted molar refractivity (Wildman–Crippen MR) is 61.8 cm³/mol. The molecule has 4 nitrogen and oxygen atoms in total. The van der Waals surface area contributed by atoms with Gasteiger partial charge in [-0.15, -0.1) is 0 Å². The monoisotopic (exact) mass is 219 g/mol. The highest BCUT2D eigenvalue weighted by molar-refractivity contribution is 5.59. The molecule has 0 aromatic carbocycles. The van der Waals surface area contributed by atoms with Crippen LogP contribution in [0.25, 0.3) is 0 Å². The molecule has 0 radical (unpaired) electrons. The van der Waals surface area contributed by atoms with E-state index < -0.39 is 6.16 Å². The van der Waals surface area contributed by atoms with E-state index in [1.165, 1.54) is 0 Å². The molecule has 0 saturated carbocycles. The van der Waals surface area contributed by atoms with E-state index in [-0.39, 0.29) is 6.10 Å². The summed E-state index contributed by atoms with van der Waals surface area (Å²) in [6, 6.07) is 0. The van der Waals surface area contributed by atoms with Gasteiger partial charge in [-0.2, -0.15) is 0 Å². The Morgan fingerprint density at radius 1 is 1.27 bits per heavy atom. The van der Waals surface area contributed by atoms with Crippen LogP contribution in [-0.4, -0.2) is 25.4 Å². The van der Waals surface area contributed by atoms with Crippen molar-refractivity contribution in [1.82, 2.24) is 0 Å². The van der Waals surface area contributed by atoms with Crippen molar-refractivity contribution < 1.29 is 14.3 Å². The summed E-state index contributed by atoms with van der Waals surface area (Å²) in [5.74, 6) is 0.356. The molecule has 0 aromatic heterocycles. The Labute approximate surface area is 93.1 Å². The molecule has 0 aliphatic heterocycles.